The predicted octanol–water partition coefficient (Wildman–Crippen LogP) is -0.223. The number of nitrogens with zero attached hydrogens (tertiary/aromatic N) is 3. The molecule has 0 aromatic heterocycles. The molecule has 0 unspecified atom stereocenters. The lowest BCUT2D eigenvalue weighted by Gasteiger charge is -2.34. The van der Waals surface area contributed by atoms with Gasteiger partial charge in [0, 0.05) is 51.3 Å². The minimum Gasteiger partial charge on any atom is -0.340 e. The fraction of sp³-hybridized carbons (Fsp3) is 0.462. The van der Waals surface area contributed by atoms with Gasteiger partial charge in [0.15, 0.2) is 0 Å². The minimum atomic E-state index is -3.81. The van der Waals surface area contributed by atoms with Crippen molar-refractivity contribution in [3.63, 3.8) is 0 Å². The smallest absolute Gasteiger partial charge is 0.270 e. The number of carbonyl (C=O) groups excluding carboxylic acids is 1. The number of non-ortho nitro benzene ring substituents is 1. The molecule has 0 spiro atoms. The molecule has 0 bridgehead atoms. The van der Waals surface area contributed by atoms with Crippen molar-refractivity contribution in [3.05, 3.63) is 34.4 Å². The van der Waals surface area contributed by atoms with E-state index in [2.05, 4.69) is 0 Å². The van der Waals surface area contributed by atoms with Crippen molar-refractivity contribution in [1.29, 1.82) is 0 Å². The molecule has 1 amide bonds. The van der Waals surface area contributed by atoms with Gasteiger partial charge in [0.1, 0.15) is 0 Å². The van der Waals surface area contributed by atoms with E-state index in [0.717, 1.165) is 6.07 Å². The van der Waals surface area contributed by atoms with Crippen molar-refractivity contribution in [3.8, 4) is 0 Å². The van der Waals surface area contributed by atoms with Crippen LogP contribution in [0.4, 0.5) is 5.69 Å². The Morgan fingerprint density at radius 3 is 2.48 bits per heavy atom. The Hall–Kier alpha value is -2.04. The number of nitro groups is 1. The number of nitro benzene ring substituents is 1. The highest BCUT2D eigenvalue weighted by Gasteiger charge is 2.30. The summed E-state index contributed by atoms with van der Waals surface area (Å²) in [7, 11) is -3.81. The van der Waals surface area contributed by atoms with E-state index >= 15 is 0 Å². The van der Waals surface area contributed by atoms with Crippen LogP contribution in [0, 0.1) is 10.1 Å². The van der Waals surface area contributed by atoms with Gasteiger partial charge in [-0.2, -0.15) is 4.31 Å². The van der Waals surface area contributed by atoms with Gasteiger partial charge in [-0.1, -0.05) is 6.07 Å². The first-order valence-corrected chi connectivity index (χ1v) is 8.52. The summed E-state index contributed by atoms with van der Waals surface area (Å²) in [6.45, 7) is 1.13. The monoisotopic (exact) mass is 342 g/mol. The Morgan fingerprint density at radius 2 is 1.91 bits per heavy atom. The average molecular weight is 342 g/mol. The fourth-order valence-corrected chi connectivity index (χ4v) is 3.83. The molecule has 0 aliphatic carbocycles. The number of rotatable bonds is 5. The molecule has 10 heteroatoms. The van der Waals surface area contributed by atoms with Crippen LogP contribution in [0.2, 0.25) is 0 Å². The van der Waals surface area contributed by atoms with E-state index in [1.54, 1.807) is 4.90 Å². The predicted molar refractivity (Wildman–Crippen MR) is 82.1 cm³/mol. The van der Waals surface area contributed by atoms with Crippen LogP contribution in [0.1, 0.15) is 6.42 Å². The first kappa shape index (κ1) is 17.3. The Kier molecular flexibility index (Phi) is 5.29. The molecule has 1 aromatic rings. The molecule has 0 saturated carbocycles. The maximum atomic E-state index is 12.5. The Morgan fingerprint density at radius 1 is 1.26 bits per heavy atom. The van der Waals surface area contributed by atoms with Crippen molar-refractivity contribution in [2.75, 3.05) is 32.7 Å². The third-order valence-corrected chi connectivity index (χ3v) is 5.51. The maximum Gasteiger partial charge on any atom is 0.270 e. The molecule has 1 saturated heterocycles. The number of nitrogens with two attached hydrogens (primary N) is 1. The molecule has 2 N–H and O–H groups in total. The normalized spacial score (nSPS) is 16.3. The molecule has 2 rings (SSSR count). The first-order chi connectivity index (χ1) is 10.9. The summed E-state index contributed by atoms with van der Waals surface area (Å²) in [6.07, 6.45) is 0.234. The average Bonchev–Trinajstić information content (AvgIpc) is 2.55. The highest BCUT2D eigenvalue weighted by molar-refractivity contribution is 7.89. The topological polar surface area (TPSA) is 127 Å². The second-order valence-electron chi connectivity index (χ2n) is 5.08. The standard InChI is InChI=1S/C13H18N4O5S/c14-5-4-13(18)15-6-8-16(9-7-15)23(21,22)12-3-1-2-11(10-12)17(19)20/h1-3,10H,4-9,14H2. The van der Waals surface area contributed by atoms with Gasteiger partial charge in [-0.3, -0.25) is 14.9 Å². The molecule has 1 aromatic carbocycles. The van der Waals surface area contributed by atoms with Gasteiger partial charge in [0.25, 0.3) is 5.69 Å². The summed E-state index contributed by atoms with van der Waals surface area (Å²) in [5, 5.41) is 10.8. The van der Waals surface area contributed by atoms with E-state index in [1.807, 2.05) is 0 Å². The molecule has 0 radical (unpaired) electrons. The lowest BCUT2D eigenvalue weighted by atomic mass is 10.3. The summed E-state index contributed by atoms with van der Waals surface area (Å²) in [6, 6.07) is 4.95. The summed E-state index contributed by atoms with van der Waals surface area (Å²) in [5.41, 5.74) is 5.06. The van der Waals surface area contributed by atoms with Gasteiger partial charge >= 0.3 is 0 Å². The molecule has 1 aliphatic heterocycles. The number of carbonyl (C=O) groups is 1. The Balaban J connectivity index is 2.12. The molecule has 1 heterocycles. The highest BCUT2D eigenvalue weighted by Crippen LogP contribution is 2.22. The third kappa shape index (κ3) is 3.84. The summed E-state index contributed by atoms with van der Waals surface area (Å²) >= 11 is 0. The van der Waals surface area contributed by atoms with Crippen molar-refractivity contribution in [2.45, 2.75) is 11.3 Å². The highest BCUT2D eigenvalue weighted by atomic mass is 32.2. The largest absolute Gasteiger partial charge is 0.340 e. The first-order valence-electron chi connectivity index (χ1n) is 7.08. The number of benzene rings is 1. The molecule has 1 aliphatic rings. The zero-order valence-corrected chi connectivity index (χ0v) is 13.2. The molecule has 126 valence electrons. The van der Waals surface area contributed by atoms with Crippen molar-refractivity contribution < 1.29 is 18.1 Å². The number of piperazine rings is 1. The van der Waals surface area contributed by atoms with Crippen molar-refractivity contribution in [2.24, 2.45) is 5.73 Å². The Labute approximate surface area is 133 Å². The van der Waals surface area contributed by atoms with E-state index in [1.165, 1.54) is 22.5 Å². The molecule has 9 nitrogen and oxygen atoms in total. The second-order valence-corrected chi connectivity index (χ2v) is 7.02. The molecule has 1 fully saturated rings. The summed E-state index contributed by atoms with van der Waals surface area (Å²) in [4.78, 5) is 23.3. The van der Waals surface area contributed by atoms with Crippen LogP contribution in [0.25, 0.3) is 0 Å². The summed E-state index contributed by atoms with van der Waals surface area (Å²) < 4.78 is 26.3. The number of sulfonamides is 1. The SMILES string of the molecule is NCCC(=O)N1CCN(S(=O)(=O)c2cccc([N+](=O)[O-])c2)CC1. The summed E-state index contributed by atoms with van der Waals surface area (Å²) in [5.74, 6) is -0.0973. The van der Waals surface area contributed by atoms with Crippen molar-refractivity contribution >= 4 is 21.6 Å². The van der Waals surface area contributed by atoms with Crippen LogP contribution in [0.3, 0.4) is 0 Å². The molecular weight excluding hydrogens is 324 g/mol. The number of hydrogen-bond donors (Lipinski definition) is 1. The lowest BCUT2D eigenvalue weighted by Crippen LogP contribution is -2.50. The van der Waals surface area contributed by atoms with E-state index in [-0.39, 0.29) is 55.6 Å². The Bertz CT molecular complexity index is 698. The maximum absolute atomic E-state index is 12.5. The number of amides is 1. The van der Waals surface area contributed by atoms with Gasteiger partial charge in [0.05, 0.1) is 9.82 Å². The van der Waals surface area contributed by atoms with E-state index in [0.29, 0.717) is 0 Å². The number of hydrogen-bond acceptors (Lipinski definition) is 6. The molecule has 23 heavy (non-hydrogen) atoms. The van der Waals surface area contributed by atoms with Gasteiger partial charge in [0.2, 0.25) is 15.9 Å². The van der Waals surface area contributed by atoms with E-state index in [9.17, 15) is 23.3 Å². The van der Waals surface area contributed by atoms with Crippen LogP contribution in [0.5, 0.6) is 0 Å². The van der Waals surface area contributed by atoms with E-state index in [4.69, 9.17) is 5.73 Å². The van der Waals surface area contributed by atoms with Crippen LogP contribution >= 0.6 is 0 Å². The van der Waals surface area contributed by atoms with Crippen LogP contribution < -0.4 is 5.73 Å². The van der Waals surface area contributed by atoms with Crippen LogP contribution in [0.15, 0.2) is 29.2 Å². The van der Waals surface area contributed by atoms with E-state index < -0.39 is 14.9 Å². The third-order valence-electron chi connectivity index (χ3n) is 3.62. The van der Waals surface area contributed by atoms with Crippen LogP contribution in [-0.2, 0) is 14.8 Å². The van der Waals surface area contributed by atoms with Crippen molar-refractivity contribution in [1.82, 2.24) is 9.21 Å². The minimum absolute atomic E-state index is 0.0973. The zero-order valence-electron chi connectivity index (χ0n) is 12.4. The molecular formula is C13H18N4O5S. The van der Waals surface area contributed by atoms with Gasteiger partial charge in [-0.05, 0) is 6.07 Å². The second kappa shape index (κ2) is 7.02. The zero-order chi connectivity index (χ0) is 17.0. The van der Waals surface area contributed by atoms with Gasteiger partial charge in [-0.25, -0.2) is 8.42 Å². The van der Waals surface area contributed by atoms with Crippen LogP contribution in [-0.4, -0.2) is 61.2 Å². The fourth-order valence-electron chi connectivity index (χ4n) is 2.37. The van der Waals surface area contributed by atoms with Gasteiger partial charge < -0.3 is 10.6 Å². The van der Waals surface area contributed by atoms with Gasteiger partial charge in [-0.15, -0.1) is 0 Å². The quantitative estimate of drug-likeness (QED) is 0.582. The molecule has 0 atom stereocenters. The lowest BCUT2D eigenvalue weighted by molar-refractivity contribution is -0.385.